The van der Waals surface area contributed by atoms with Crippen molar-refractivity contribution < 1.29 is 9.47 Å². The van der Waals surface area contributed by atoms with Crippen LogP contribution in [-0.2, 0) is 9.47 Å². The summed E-state index contributed by atoms with van der Waals surface area (Å²) in [4.78, 5) is 0. The maximum Gasteiger partial charge on any atom is 0.230 e. The Morgan fingerprint density at radius 3 is 1.55 bits per heavy atom. The van der Waals surface area contributed by atoms with Gasteiger partial charge in [-0.15, -0.1) is 0 Å². The lowest BCUT2D eigenvalue weighted by molar-refractivity contribution is 0.0593. The van der Waals surface area contributed by atoms with Crippen molar-refractivity contribution in [3.05, 3.63) is 11.5 Å². The molecular formula is C9H16O2. The third kappa shape index (κ3) is 1.67. The molecule has 0 aromatic heterocycles. The van der Waals surface area contributed by atoms with Crippen molar-refractivity contribution in [1.29, 1.82) is 0 Å². The second-order valence-corrected chi connectivity index (χ2v) is 3.44. The van der Waals surface area contributed by atoms with E-state index in [1.807, 2.05) is 0 Å². The topological polar surface area (TPSA) is 18.5 Å². The molecule has 1 rings (SSSR count). The molecule has 0 aromatic rings. The van der Waals surface area contributed by atoms with Gasteiger partial charge in [-0.05, 0) is 0 Å². The maximum absolute atomic E-state index is 5.35. The van der Waals surface area contributed by atoms with Gasteiger partial charge < -0.3 is 9.47 Å². The van der Waals surface area contributed by atoms with E-state index in [2.05, 4.69) is 27.7 Å². The van der Waals surface area contributed by atoms with Gasteiger partial charge in [0.05, 0.1) is 0 Å². The molecule has 2 heteroatoms. The number of rotatable bonds is 2. The van der Waals surface area contributed by atoms with Crippen molar-refractivity contribution in [3.63, 3.8) is 0 Å². The molecule has 1 aliphatic heterocycles. The third-order valence-electron chi connectivity index (χ3n) is 1.72. The number of hydrogen-bond donors (Lipinski definition) is 0. The predicted octanol–water partition coefficient (Wildman–Crippen LogP) is 2.51. The summed E-state index contributed by atoms with van der Waals surface area (Å²) in [5, 5.41) is 0. The highest BCUT2D eigenvalue weighted by Gasteiger charge is 2.22. The molecule has 0 amide bonds. The van der Waals surface area contributed by atoms with Crippen molar-refractivity contribution in [2.45, 2.75) is 27.7 Å². The van der Waals surface area contributed by atoms with Crippen molar-refractivity contribution in [3.8, 4) is 0 Å². The first-order valence-corrected chi connectivity index (χ1v) is 4.12. The summed E-state index contributed by atoms with van der Waals surface area (Å²) in [6.45, 7) is 8.87. The Hall–Kier alpha value is -0.660. The summed E-state index contributed by atoms with van der Waals surface area (Å²) < 4.78 is 10.7. The number of hydrogen-bond acceptors (Lipinski definition) is 2. The Morgan fingerprint density at radius 2 is 1.27 bits per heavy atom. The molecule has 0 saturated heterocycles. The molecule has 0 radical (unpaired) electrons. The molecule has 11 heavy (non-hydrogen) atoms. The van der Waals surface area contributed by atoms with Crippen LogP contribution in [0.1, 0.15) is 27.7 Å². The fraction of sp³-hybridized carbons (Fsp3) is 0.778. The lowest BCUT2D eigenvalue weighted by atomic mass is 10.1. The summed E-state index contributed by atoms with van der Waals surface area (Å²) in [6, 6.07) is 0. The lowest BCUT2D eigenvalue weighted by Gasteiger charge is -2.08. The summed E-state index contributed by atoms with van der Waals surface area (Å²) in [6.07, 6.45) is 0. The molecule has 0 aliphatic carbocycles. The Morgan fingerprint density at radius 1 is 0.909 bits per heavy atom. The van der Waals surface area contributed by atoms with Crippen molar-refractivity contribution >= 4 is 0 Å². The molecule has 0 N–H and O–H groups in total. The molecule has 1 aliphatic rings. The average molecular weight is 156 g/mol. The van der Waals surface area contributed by atoms with Crippen LogP contribution in [0.2, 0.25) is 0 Å². The van der Waals surface area contributed by atoms with Crippen LogP contribution in [-0.4, -0.2) is 6.79 Å². The zero-order chi connectivity index (χ0) is 8.43. The summed E-state index contributed by atoms with van der Waals surface area (Å²) in [7, 11) is 0. The number of ether oxygens (including phenoxy) is 2. The molecular weight excluding hydrogens is 140 g/mol. The van der Waals surface area contributed by atoms with Crippen LogP contribution in [0.25, 0.3) is 0 Å². The van der Waals surface area contributed by atoms with E-state index < -0.39 is 0 Å². The van der Waals surface area contributed by atoms with Gasteiger partial charge in [-0.25, -0.2) is 0 Å². The quantitative estimate of drug-likeness (QED) is 0.611. The van der Waals surface area contributed by atoms with Crippen molar-refractivity contribution in [1.82, 2.24) is 0 Å². The van der Waals surface area contributed by atoms with E-state index in [9.17, 15) is 0 Å². The number of allylic oxidation sites excluding steroid dienone is 2. The van der Waals surface area contributed by atoms with E-state index >= 15 is 0 Å². The summed E-state index contributed by atoms with van der Waals surface area (Å²) >= 11 is 0. The molecule has 1 heterocycles. The predicted molar refractivity (Wildman–Crippen MR) is 43.7 cm³/mol. The second kappa shape index (κ2) is 3.16. The Bertz CT molecular complexity index is 150. The van der Waals surface area contributed by atoms with Gasteiger partial charge in [0.25, 0.3) is 0 Å². The zero-order valence-electron chi connectivity index (χ0n) is 7.68. The van der Waals surface area contributed by atoms with Gasteiger partial charge in [0.1, 0.15) is 11.5 Å². The Labute approximate surface area is 68.2 Å². The van der Waals surface area contributed by atoms with E-state index in [0.29, 0.717) is 18.6 Å². The minimum atomic E-state index is 0.404. The van der Waals surface area contributed by atoms with Crippen LogP contribution < -0.4 is 0 Å². The molecule has 2 nitrogen and oxygen atoms in total. The van der Waals surface area contributed by atoms with Gasteiger partial charge >= 0.3 is 0 Å². The monoisotopic (exact) mass is 156 g/mol. The first kappa shape index (κ1) is 8.44. The van der Waals surface area contributed by atoms with E-state index in [4.69, 9.17) is 9.47 Å². The first-order valence-electron chi connectivity index (χ1n) is 4.12. The molecule has 0 spiro atoms. The largest absolute Gasteiger partial charge is 0.458 e. The Kier molecular flexibility index (Phi) is 2.42. The van der Waals surface area contributed by atoms with Gasteiger partial charge in [-0.3, -0.25) is 0 Å². The van der Waals surface area contributed by atoms with Crippen LogP contribution in [0, 0.1) is 11.8 Å². The molecule has 0 unspecified atom stereocenters. The highest BCUT2D eigenvalue weighted by molar-refractivity contribution is 5.08. The van der Waals surface area contributed by atoms with Gasteiger partial charge in [0.2, 0.25) is 6.79 Å². The lowest BCUT2D eigenvalue weighted by Crippen LogP contribution is -2.00. The van der Waals surface area contributed by atoms with Crippen LogP contribution in [0.3, 0.4) is 0 Å². The van der Waals surface area contributed by atoms with Gasteiger partial charge in [-0.1, -0.05) is 27.7 Å². The highest BCUT2D eigenvalue weighted by atomic mass is 16.7. The molecule has 0 bridgehead atoms. The Balaban J connectivity index is 2.77. The van der Waals surface area contributed by atoms with Crippen LogP contribution in [0.15, 0.2) is 11.5 Å². The van der Waals surface area contributed by atoms with Crippen LogP contribution in [0.5, 0.6) is 0 Å². The zero-order valence-corrected chi connectivity index (χ0v) is 7.68. The van der Waals surface area contributed by atoms with Gasteiger partial charge in [0, 0.05) is 11.8 Å². The van der Waals surface area contributed by atoms with Crippen molar-refractivity contribution in [2.24, 2.45) is 11.8 Å². The summed E-state index contributed by atoms with van der Waals surface area (Å²) in [5.41, 5.74) is 0. The fourth-order valence-electron chi connectivity index (χ4n) is 1.20. The molecule has 0 atom stereocenters. The average Bonchev–Trinajstić information content (AvgIpc) is 2.32. The first-order chi connectivity index (χ1) is 5.13. The minimum Gasteiger partial charge on any atom is -0.458 e. The smallest absolute Gasteiger partial charge is 0.230 e. The van der Waals surface area contributed by atoms with Crippen LogP contribution in [0.4, 0.5) is 0 Å². The maximum atomic E-state index is 5.35. The molecule has 64 valence electrons. The third-order valence-corrected chi connectivity index (χ3v) is 1.72. The van der Waals surface area contributed by atoms with E-state index in [0.717, 1.165) is 11.5 Å². The van der Waals surface area contributed by atoms with E-state index in [1.54, 1.807) is 0 Å². The standard InChI is InChI=1S/C9H16O2/c1-6(2)8-9(7(3)4)11-5-10-8/h6-7H,5H2,1-4H3. The molecule has 0 saturated carbocycles. The van der Waals surface area contributed by atoms with E-state index in [1.165, 1.54) is 0 Å². The minimum absolute atomic E-state index is 0.404. The highest BCUT2D eigenvalue weighted by Crippen LogP contribution is 2.28. The fourth-order valence-corrected chi connectivity index (χ4v) is 1.20. The molecule has 0 fully saturated rings. The van der Waals surface area contributed by atoms with Crippen molar-refractivity contribution in [2.75, 3.05) is 6.79 Å². The second-order valence-electron chi connectivity index (χ2n) is 3.44. The summed E-state index contributed by atoms with van der Waals surface area (Å²) in [5.74, 6) is 2.93. The SMILES string of the molecule is CC(C)C1=C(C(C)C)OCO1. The van der Waals surface area contributed by atoms with E-state index in [-0.39, 0.29) is 0 Å². The molecule has 0 aromatic carbocycles. The van der Waals surface area contributed by atoms with Gasteiger partial charge in [0.15, 0.2) is 0 Å². The van der Waals surface area contributed by atoms with Crippen LogP contribution >= 0.6 is 0 Å². The van der Waals surface area contributed by atoms with Gasteiger partial charge in [-0.2, -0.15) is 0 Å². The normalized spacial score (nSPS) is 17.6.